The van der Waals surface area contributed by atoms with Crippen LogP contribution in [0.3, 0.4) is 0 Å². The largest absolute Gasteiger partial charge is 0.317 e. The Bertz CT molecular complexity index is 272. The summed E-state index contributed by atoms with van der Waals surface area (Å²) in [5, 5.41) is 3.52. The smallest absolute Gasteiger partial charge is 0.0125 e. The Kier molecular flexibility index (Phi) is 4.45. The molecule has 19 heavy (non-hydrogen) atoms. The average Bonchev–Trinajstić information content (AvgIpc) is 2.70. The number of hydrogen-bond donors (Lipinski definition) is 1. The third-order valence-electron chi connectivity index (χ3n) is 5.72. The van der Waals surface area contributed by atoms with E-state index >= 15 is 0 Å². The van der Waals surface area contributed by atoms with Gasteiger partial charge >= 0.3 is 0 Å². The fourth-order valence-electron chi connectivity index (χ4n) is 4.80. The number of hydrogen-bond acceptors (Lipinski definition) is 3. The molecule has 3 aliphatic rings. The summed E-state index contributed by atoms with van der Waals surface area (Å²) < 4.78 is 0. The van der Waals surface area contributed by atoms with Crippen LogP contribution in [0.5, 0.6) is 0 Å². The molecule has 2 unspecified atom stereocenters. The molecular formula is C16H31N3. The van der Waals surface area contributed by atoms with Crippen molar-refractivity contribution in [2.24, 2.45) is 0 Å². The standard InChI is InChI=1S/C16H31N3/c1-3-8-18-9-6-14(7-10-18)19-15-4-5-16(19)12-13(11-15)17-2/h13-17H,3-12H2,1-2H3. The van der Waals surface area contributed by atoms with Crippen molar-refractivity contribution in [3.05, 3.63) is 0 Å². The molecule has 0 aromatic heterocycles. The Labute approximate surface area is 118 Å². The molecule has 0 radical (unpaired) electrons. The molecular weight excluding hydrogens is 234 g/mol. The van der Waals surface area contributed by atoms with E-state index in [2.05, 4.69) is 29.1 Å². The maximum absolute atomic E-state index is 3.52. The first-order valence-electron chi connectivity index (χ1n) is 8.49. The minimum Gasteiger partial charge on any atom is -0.317 e. The molecule has 110 valence electrons. The predicted molar refractivity (Wildman–Crippen MR) is 80.5 cm³/mol. The topological polar surface area (TPSA) is 18.5 Å². The first-order chi connectivity index (χ1) is 9.31. The summed E-state index contributed by atoms with van der Waals surface area (Å²) in [6.45, 7) is 6.28. The molecule has 0 saturated carbocycles. The summed E-state index contributed by atoms with van der Waals surface area (Å²) >= 11 is 0. The maximum Gasteiger partial charge on any atom is 0.0125 e. The van der Waals surface area contributed by atoms with E-state index in [4.69, 9.17) is 0 Å². The fraction of sp³-hybridized carbons (Fsp3) is 1.00. The molecule has 2 atom stereocenters. The summed E-state index contributed by atoms with van der Waals surface area (Å²) in [5.74, 6) is 0. The molecule has 0 amide bonds. The SMILES string of the molecule is CCCN1CCC(N2C3CCC2CC(NC)C3)CC1. The summed E-state index contributed by atoms with van der Waals surface area (Å²) in [7, 11) is 2.14. The van der Waals surface area contributed by atoms with Crippen LogP contribution >= 0.6 is 0 Å². The van der Waals surface area contributed by atoms with Crippen molar-refractivity contribution in [3.63, 3.8) is 0 Å². The molecule has 0 aromatic carbocycles. The molecule has 0 spiro atoms. The summed E-state index contributed by atoms with van der Waals surface area (Å²) in [6, 6.07) is 3.45. The van der Waals surface area contributed by atoms with Crippen molar-refractivity contribution in [1.82, 2.24) is 15.1 Å². The van der Waals surface area contributed by atoms with Crippen LogP contribution < -0.4 is 5.32 Å². The fourth-order valence-corrected chi connectivity index (χ4v) is 4.80. The van der Waals surface area contributed by atoms with Crippen molar-refractivity contribution in [3.8, 4) is 0 Å². The van der Waals surface area contributed by atoms with Gasteiger partial charge in [0.1, 0.15) is 0 Å². The van der Waals surface area contributed by atoms with E-state index in [1.165, 1.54) is 64.6 Å². The number of piperidine rings is 2. The Morgan fingerprint density at radius 3 is 2.11 bits per heavy atom. The third kappa shape index (κ3) is 2.84. The van der Waals surface area contributed by atoms with E-state index in [0.717, 1.165) is 24.2 Å². The van der Waals surface area contributed by atoms with Crippen LogP contribution in [0.4, 0.5) is 0 Å². The van der Waals surface area contributed by atoms with Crippen LogP contribution in [-0.2, 0) is 0 Å². The van der Waals surface area contributed by atoms with E-state index in [1.54, 1.807) is 0 Å². The van der Waals surface area contributed by atoms with Crippen molar-refractivity contribution in [2.45, 2.75) is 76.0 Å². The molecule has 3 nitrogen and oxygen atoms in total. The highest BCUT2D eigenvalue weighted by molar-refractivity contribution is 5.00. The Morgan fingerprint density at radius 1 is 0.947 bits per heavy atom. The van der Waals surface area contributed by atoms with Gasteiger partial charge < -0.3 is 10.2 Å². The minimum atomic E-state index is 0.786. The van der Waals surface area contributed by atoms with Gasteiger partial charge in [0.15, 0.2) is 0 Å². The highest BCUT2D eigenvalue weighted by Gasteiger charge is 2.43. The Hall–Kier alpha value is -0.120. The molecule has 3 rings (SSSR count). The summed E-state index contributed by atoms with van der Waals surface area (Å²) in [4.78, 5) is 5.61. The molecule has 3 saturated heterocycles. The lowest BCUT2D eigenvalue weighted by atomic mass is 9.92. The number of nitrogens with zero attached hydrogens (tertiary/aromatic N) is 2. The molecule has 3 heterocycles. The number of fused-ring (bicyclic) bond motifs is 2. The summed E-state index contributed by atoms with van der Waals surface area (Å²) in [5.41, 5.74) is 0. The molecule has 3 heteroatoms. The van der Waals surface area contributed by atoms with Gasteiger partial charge in [-0.25, -0.2) is 0 Å². The van der Waals surface area contributed by atoms with Gasteiger partial charge in [0, 0.05) is 24.2 Å². The van der Waals surface area contributed by atoms with Gasteiger partial charge in [0.05, 0.1) is 0 Å². The number of rotatable bonds is 4. The second kappa shape index (κ2) is 6.11. The van der Waals surface area contributed by atoms with Crippen LogP contribution in [0, 0.1) is 0 Å². The average molecular weight is 265 g/mol. The van der Waals surface area contributed by atoms with Gasteiger partial charge in [-0.05, 0) is 71.6 Å². The van der Waals surface area contributed by atoms with Gasteiger partial charge in [-0.2, -0.15) is 0 Å². The Balaban J connectivity index is 1.56. The molecule has 1 N–H and O–H groups in total. The van der Waals surface area contributed by atoms with Crippen molar-refractivity contribution < 1.29 is 0 Å². The third-order valence-corrected chi connectivity index (χ3v) is 5.72. The first-order valence-corrected chi connectivity index (χ1v) is 8.49. The monoisotopic (exact) mass is 265 g/mol. The van der Waals surface area contributed by atoms with Crippen molar-refractivity contribution in [2.75, 3.05) is 26.7 Å². The predicted octanol–water partition coefficient (Wildman–Crippen LogP) is 2.08. The quantitative estimate of drug-likeness (QED) is 0.839. The van der Waals surface area contributed by atoms with Crippen LogP contribution in [0.2, 0.25) is 0 Å². The van der Waals surface area contributed by atoms with Gasteiger partial charge in [-0.1, -0.05) is 6.92 Å². The molecule has 0 aromatic rings. The first kappa shape index (κ1) is 13.8. The van der Waals surface area contributed by atoms with Crippen molar-refractivity contribution in [1.29, 1.82) is 0 Å². The van der Waals surface area contributed by atoms with Gasteiger partial charge in [-0.3, -0.25) is 4.90 Å². The second-order valence-electron chi connectivity index (χ2n) is 6.86. The lowest BCUT2D eigenvalue weighted by molar-refractivity contribution is 0.0347. The lowest BCUT2D eigenvalue weighted by Gasteiger charge is -2.46. The van der Waals surface area contributed by atoms with E-state index in [1.807, 2.05) is 0 Å². The zero-order valence-electron chi connectivity index (χ0n) is 12.8. The lowest BCUT2D eigenvalue weighted by Crippen LogP contribution is -2.55. The Morgan fingerprint density at radius 2 is 1.58 bits per heavy atom. The van der Waals surface area contributed by atoms with Crippen LogP contribution in [0.1, 0.15) is 51.9 Å². The normalized spacial score (nSPS) is 37.9. The zero-order valence-corrected chi connectivity index (χ0v) is 12.8. The highest BCUT2D eigenvalue weighted by Crippen LogP contribution is 2.39. The van der Waals surface area contributed by atoms with E-state index in [-0.39, 0.29) is 0 Å². The van der Waals surface area contributed by atoms with E-state index in [9.17, 15) is 0 Å². The molecule has 0 aliphatic carbocycles. The van der Waals surface area contributed by atoms with Crippen LogP contribution in [0.25, 0.3) is 0 Å². The number of nitrogens with one attached hydrogen (secondary N) is 1. The zero-order chi connectivity index (χ0) is 13.2. The van der Waals surface area contributed by atoms with Gasteiger partial charge in [-0.15, -0.1) is 0 Å². The van der Waals surface area contributed by atoms with Gasteiger partial charge in [0.25, 0.3) is 0 Å². The second-order valence-corrected chi connectivity index (χ2v) is 6.86. The van der Waals surface area contributed by atoms with Crippen LogP contribution in [-0.4, -0.2) is 60.6 Å². The van der Waals surface area contributed by atoms with Crippen molar-refractivity contribution >= 4 is 0 Å². The maximum atomic E-state index is 3.52. The van der Waals surface area contributed by atoms with Gasteiger partial charge in [0.2, 0.25) is 0 Å². The van der Waals surface area contributed by atoms with Crippen LogP contribution in [0.15, 0.2) is 0 Å². The number of likely N-dealkylation sites (tertiary alicyclic amines) is 1. The molecule has 2 bridgehead atoms. The minimum absolute atomic E-state index is 0.786. The molecule has 3 aliphatic heterocycles. The summed E-state index contributed by atoms with van der Waals surface area (Å²) in [6.07, 6.45) is 9.83. The highest BCUT2D eigenvalue weighted by atomic mass is 15.3. The van der Waals surface area contributed by atoms with E-state index in [0.29, 0.717) is 0 Å². The molecule has 3 fully saturated rings. The van der Waals surface area contributed by atoms with E-state index < -0.39 is 0 Å².